The molecule has 2 rings (SSSR count). The molecule has 114 valence electrons. The third kappa shape index (κ3) is 4.29. The highest BCUT2D eigenvalue weighted by Crippen LogP contribution is 2.27. The molecule has 0 amide bonds. The van der Waals surface area contributed by atoms with Crippen LogP contribution in [0.25, 0.3) is 11.3 Å². The van der Waals surface area contributed by atoms with E-state index in [1.54, 1.807) is 18.4 Å². The van der Waals surface area contributed by atoms with E-state index < -0.39 is 0 Å². The fourth-order valence-corrected chi connectivity index (χ4v) is 2.97. The lowest BCUT2D eigenvalue weighted by Gasteiger charge is -2.09. The molecule has 1 unspecified atom stereocenters. The normalized spacial score (nSPS) is 12.4. The fourth-order valence-electron chi connectivity index (χ4n) is 2.17. The van der Waals surface area contributed by atoms with Crippen molar-refractivity contribution in [1.82, 2.24) is 10.3 Å². The Labute approximate surface area is 131 Å². The molecule has 0 bridgehead atoms. The number of nitrogens with one attached hydrogen (secondary N) is 1. The largest absolute Gasteiger partial charge is 0.496 e. The number of ether oxygens (including phenoxy) is 1. The average molecular weight is 304 g/mol. The molecule has 1 heterocycles. The van der Waals surface area contributed by atoms with Gasteiger partial charge in [0.1, 0.15) is 5.75 Å². The second kappa shape index (κ2) is 7.57. The van der Waals surface area contributed by atoms with Crippen LogP contribution in [0.5, 0.6) is 5.75 Å². The van der Waals surface area contributed by atoms with Gasteiger partial charge < -0.3 is 10.1 Å². The zero-order valence-corrected chi connectivity index (χ0v) is 14.1. The van der Waals surface area contributed by atoms with Crippen LogP contribution >= 0.6 is 11.3 Å². The van der Waals surface area contributed by atoms with Crippen molar-refractivity contribution in [3.05, 3.63) is 34.2 Å². The Kier molecular flexibility index (Phi) is 5.76. The van der Waals surface area contributed by atoms with Gasteiger partial charge in [-0.25, -0.2) is 4.98 Å². The zero-order valence-electron chi connectivity index (χ0n) is 13.3. The number of aromatic nitrogens is 1. The third-order valence-corrected chi connectivity index (χ3v) is 4.59. The SMILES string of the molecule is CCC(C)NCCc1nc(-c2ccc(OC)c(C)c2)cs1. The van der Waals surface area contributed by atoms with Crippen LogP contribution in [-0.4, -0.2) is 24.7 Å². The average Bonchev–Trinajstić information content (AvgIpc) is 2.95. The van der Waals surface area contributed by atoms with E-state index in [1.165, 1.54) is 5.01 Å². The summed E-state index contributed by atoms with van der Waals surface area (Å²) in [6.45, 7) is 7.47. The first-order valence-electron chi connectivity index (χ1n) is 7.46. The second-order valence-electron chi connectivity index (χ2n) is 5.32. The predicted octanol–water partition coefficient (Wildman–Crippen LogP) is 4.06. The van der Waals surface area contributed by atoms with Crippen molar-refractivity contribution in [2.45, 2.75) is 39.7 Å². The molecule has 21 heavy (non-hydrogen) atoms. The summed E-state index contributed by atoms with van der Waals surface area (Å²) in [6.07, 6.45) is 2.15. The summed E-state index contributed by atoms with van der Waals surface area (Å²) in [7, 11) is 1.70. The predicted molar refractivity (Wildman–Crippen MR) is 90.3 cm³/mol. The lowest BCUT2D eigenvalue weighted by atomic mass is 10.1. The number of aryl methyl sites for hydroxylation is 1. The van der Waals surface area contributed by atoms with E-state index in [4.69, 9.17) is 9.72 Å². The quantitative estimate of drug-likeness (QED) is 0.837. The van der Waals surface area contributed by atoms with Gasteiger partial charge in [0.05, 0.1) is 17.8 Å². The van der Waals surface area contributed by atoms with E-state index in [-0.39, 0.29) is 0 Å². The Balaban J connectivity index is 2.01. The molecule has 0 aliphatic rings. The van der Waals surface area contributed by atoms with Crippen LogP contribution in [0, 0.1) is 6.92 Å². The van der Waals surface area contributed by atoms with Crippen molar-refractivity contribution in [2.24, 2.45) is 0 Å². The molecule has 1 aromatic heterocycles. The number of thiazole rings is 1. The minimum atomic E-state index is 0.577. The lowest BCUT2D eigenvalue weighted by Crippen LogP contribution is -2.27. The summed E-state index contributed by atoms with van der Waals surface area (Å²) in [4.78, 5) is 4.74. The van der Waals surface area contributed by atoms with Crippen LogP contribution < -0.4 is 10.1 Å². The van der Waals surface area contributed by atoms with Crippen LogP contribution in [0.2, 0.25) is 0 Å². The van der Waals surface area contributed by atoms with Gasteiger partial charge >= 0.3 is 0 Å². The molecule has 0 fully saturated rings. The standard InChI is InChI=1S/C17H24N2OS/c1-5-13(3)18-9-8-17-19-15(11-21-17)14-6-7-16(20-4)12(2)10-14/h6-7,10-11,13,18H,5,8-9H2,1-4H3. The summed E-state index contributed by atoms with van der Waals surface area (Å²) in [5, 5.41) is 6.83. The molecule has 0 saturated heterocycles. The highest BCUT2D eigenvalue weighted by Gasteiger charge is 2.07. The Hall–Kier alpha value is -1.39. The Morgan fingerprint density at radius 3 is 2.86 bits per heavy atom. The molecule has 1 aromatic carbocycles. The molecule has 1 atom stereocenters. The lowest BCUT2D eigenvalue weighted by molar-refractivity contribution is 0.412. The fraction of sp³-hybridized carbons (Fsp3) is 0.471. The first-order valence-corrected chi connectivity index (χ1v) is 8.34. The molecule has 0 aliphatic heterocycles. The molecule has 1 N–H and O–H groups in total. The summed E-state index contributed by atoms with van der Waals surface area (Å²) in [5.41, 5.74) is 3.36. The van der Waals surface area contributed by atoms with Crippen molar-refractivity contribution < 1.29 is 4.74 Å². The van der Waals surface area contributed by atoms with E-state index in [2.05, 4.69) is 43.6 Å². The molecule has 0 saturated carbocycles. The minimum Gasteiger partial charge on any atom is -0.496 e. The van der Waals surface area contributed by atoms with Gasteiger partial charge in [0.2, 0.25) is 0 Å². The smallest absolute Gasteiger partial charge is 0.121 e. The summed E-state index contributed by atoms with van der Waals surface area (Å²) in [6, 6.07) is 6.79. The first-order chi connectivity index (χ1) is 10.1. The van der Waals surface area contributed by atoms with Crippen LogP contribution in [-0.2, 0) is 6.42 Å². The van der Waals surface area contributed by atoms with Crippen molar-refractivity contribution in [2.75, 3.05) is 13.7 Å². The van der Waals surface area contributed by atoms with Crippen molar-refractivity contribution in [3.63, 3.8) is 0 Å². The third-order valence-electron chi connectivity index (χ3n) is 3.69. The maximum absolute atomic E-state index is 5.30. The summed E-state index contributed by atoms with van der Waals surface area (Å²) < 4.78 is 5.30. The topological polar surface area (TPSA) is 34.2 Å². The highest BCUT2D eigenvalue weighted by atomic mass is 32.1. The van der Waals surface area contributed by atoms with Gasteiger partial charge in [0.15, 0.2) is 0 Å². The monoisotopic (exact) mass is 304 g/mol. The molecule has 0 aliphatic carbocycles. The van der Waals surface area contributed by atoms with Crippen LogP contribution in [0.15, 0.2) is 23.6 Å². The number of benzene rings is 1. The molecule has 3 nitrogen and oxygen atoms in total. The molecular weight excluding hydrogens is 280 g/mol. The zero-order chi connectivity index (χ0) is 15.2. The Morgan fingerprint density at radius 2 is 2.19 bits per heavy atom. The Bertz CT molecular complexity index is 580. The van der Waals surface area contributed by atoms with Gasteiger partial charge in [0, 0.05) is 30.0 Å². The van der Waals surface area contributed by atoms with Crippen LogP contribution in [0.3, 0.4) is 0 Å². The minimum absolute atomic E-state index is 0.577. The van der Waals surface area contributed by atoms with Gasteiger partial charge in [-0.05, 0) is 44.0 Å². The van der Waals surface area contributed by atoms with E-state index in [0.717, 1.165) is 42.0 Å². The van der Waals surface area contributed by atoms with Crippen molar-refractivity contribution >= 4 is 11.3 Å². The second-order valence-corrected chi connectivity index (χ2v) is 6.27. The van der Waals surface area contributed by atoms with Gasteiger partial charge in [-0.3, -0.25) is 0 Å². The van der Waals surface area contributed by atoms with E-state index >= 15 is 0 Å². The molecule has 0 spiro atoms. The number of hydrogen-bond acceptors (Lipinski definition) is 4. The van der Waals surface area contributed by atoms with E-state index in [1.807, 2.05) is 6.07 Å². The van der Waals surface area contributed by atoms with Gasteiger partial charge in [-0.2, -0.15) is 0 Å². The van der Waals surface area contributed by atoms with E-state index in [0.29, 0.717) is 6.04 Å². The number of rotatable bonds is 7. The maximum atomic E-state index is 5.30. The van der Waals surface area contributed by atoms with Crippen molar-refractivity contribution in [1.29, 1.82) is 0 Å². The van der Waals surface area contributed by atoms with E-state index in [9.17, 15) is 0 Å². The summed E-state index contributed by atoms with van der Waals surface area (Å²) in [5.74, 6) is 0.923. The van der Waals surface area contributed by atoms with Gasteiger partial charge in [-0.1, -0.05) is 6.92 Å². The maximum Gasteiger partial charge on any atom is 0.121 e. The van der Waals surface area contributed by atoms with Crippen LogP contribution in [0.4, 0.5) is 0 Å². The molecule has 0 radical (unpaired) electrons. The number of nitrogens with zero attached hydrogens (tertiary/aromatic N) is 1. The number of hydrogen-bond donors (Lipinski definition) is 1. The van der Waals surface area contributed by atoms with Crippen molar-refractivity contribution in [3.8, 4) is 17.0 Å². The number of methoxy groups -OCH3 is 1. The molecular formula is C17H24N2OS. The first kappa shape index (κ1) is 16.0. The van der Waals surface area contributed by atoms with Crippen LogP contribution in [0.1, 0.15) is 30.8 Å². The van der Waals surface area contributed by atoms with Gasteiger partial charge in [-0.15, -0.1) is 11.3 Å². The summed E-state index contributed by atoms with van der Waals surface area (Å²) >= 11 is 1.74. The highest BCUT2D eigenvalue weighted by molar-refractivity contribution is 7.09. The van der Waals surface area contributed by atoms with Gasteiger partial charge in [0.25, 0.3) is 0 Å². The Morgan fingerprint density at radius 1 is 1.38 bits per heavy atom. The molecule has 2 aromatic rings. The molecule has 4 heteroatoms.